The van der Waals surface area contributed by atoms with Crippen molar-refractivity contribution >= 4 is 22.7 Å². The fraction of sp³-hybridized carbons (Fsp3) is 0.375. The highest BCUT2D eigenvalue weighted by Gasteiger charge is 2.26. The first kappa shape index (κ1) is 13.8. The van der Waals surface area contributed by atoms with Crippen LogP contribution < -0.4 is 4.90 Å². The van der Waals surface area contributed by atoms with Gasteiger partial charge in [0.2, 0.25) is 0 Å². The number of benzene rings is 1. The molecule has 0 unspecified atom stereocenters. The number of para-hydroxylation sites is 1. The molecule has 0 atom stereocenters. The second-order valence-corrected chi connectivity index (χ2v) is 5.35. The molecule has 1 fully saturated rings. The molecular weight excluding hydrogens is 268 g/mol. The van der Waals surface area contributed by atoms with E-state index in [1.165, 1.54) is 6.42 Å². The Bertz CT molecular complexity index is 668. The second kappa shape index (κ2) is 5.69. The van der Waals surface area contributed by atoms with Crippen LogP contribution in [0.3, 0.4) is 0 Å². The van der Waals surface area contributed by atoms with Crippen molar-refractivity contribution in [3.05, 3.63) is 35.9 Å². The average molecular weight is 286 g/mol. The Morgan fingerprint density at radius 1 is 1.33 bits per heavy atom. The van der Waals surface area contributed by atoms with Gasteiger partial charge in [0.15, 0.2) is 0 Å². The van der Waals surface area contributed by atoms with E-state index in [1.807, 2.05) is 23.1 Å². The molecule has 0 aliphatic heterocycles. The Hall–Kier alpha value is -2.14. The summed E-state index contributed by atoms with van der Waals surface area (Å²) in [6.45, 7) is 0.516. The van der Waals surface area contributed by atoms with Gasteiger partial charge in [0.05, 0.1) is 17.7 Å². The number of fused-ring (bicyclic) bond motifs is 1. The first-order chi connectivity index (χ1) is 10.2. The Labute approximate surface area is 122 Å². The van der Waals surface area contributed by atoms with Crippen LogP contribution in [0.5, 0.6) is 0 Å². The molecule has 0 bridgehead atoms. The lowest BCUT2D eigenvalue weighted by Gasteiger charge is -2.38. The Balaban J connectivity index is 2.10. The normalized spacial score (nSPS) is 14.9. The van der Waals surface area contributed by atoms with Crippen molar-refractivity contribution in [2.24, 2.45) is 0 Å². The molecule has 5 nitrogen and oxygen atoms in total. The number of aliphatic hydroxyl groups excluding tert-OH is 1. The van der Waals surface area contributed by atoms with E-state index in [1.54, 1.807) is 12.1 Å². The summed E-state index contributed by atoms with van der Waals surface area (Å²) < 4.78 is 0. The lowest BCUT2D eigenvalue weighted by Crippen LogP contribution is -2.42. The van der Waals surface area contributed by atoms with Gasteiger partial charge in [0.1, 0.15) is 5.82 Å². The fourth-order valence-electron chi connectivity index (χ4n) is 2.78. The van der Waals surface area contributed by atoms with Gasteiger partial charge in [0.25, 0.3) is 0 Å². The van der Waals surface area contributed by atoms with Crippen LogP contribution in [0.4, 0.5) is 5.82 Å². The molecule has 2 aromatic rings. The summed E-state index contributed by atoms with van der Waals surface area (Å²) in [7, 11) is 0. The summed E-state index contributed by atoms with van der Waals surface area (Å²) >= 11 is 0. The predicted octanol–water partition coefficient (Wildman–Crippen LogP) is 2.28. The van der Waals surface area contributed by atoms with E-state index in [-0.39, 0.29) is 12.2 Å². The van der Waals surface area contributed by atoms with Gasteiger partial charge in [-0.15, -0.1) is 0 Å². The van der Waals surface area contributed by atoms with E-state index in [2.05, 4.69) is 4.98 Å². The van der Waals surface area contributed by atoms with Gasteiger partial charge >= 0.3 is 5.97 Å². The third-order valence-electron chi connectivity index (χ3n) is 4.08. The molecule has 1 heterocycles. The second-order valence-electron chi connectivity index (χ2n) is 5.35. The van der Waals surface area contributed by atoms with E-state index in [4.69, 9.17) is 0 Å². The molecule has 1 aliphatic rings. The van der Waals surface area contributed by atoms with Crippen LogP contribution in [0.15, 0.2) is 30.3 Å². The Morgan fingerprint density at radius 3 is 2.71 bits per heavy atom. The summed E-state index contributed by atoms with van der Waals surface area (Å²) in [5.41, 5.74) is 0.938. The highest BCUT2D eigenvalue weighted by atomic mass is 16.4. The quantitative estimate of drug-likeness (QED) is 0.882. The van der Waals surface area contributed by atoms with Crippen LogP contribution in [-0.2, 0) is 0 Å². The minimum absolute atomic E-state index is 0.0351. The number of nitrogens with zero attached hydrogens (tertiary/aromatic N) is 2. The van der Waals surface area contributed by atoms with Crippen molar-refractivity contribution < 1.29 is 15.0 Å². The molecule has 1 aromatic heterocycles. The van der Waals surface area contributed by atoms with Crippen LogP contribution in [0.25, 0.3) is 10.9 Å². The smallest absolute Gasteiger partial charge is 0.336 e. The first-order valence-corrected chi connectivity index (χ1v) is 7.21. The number of carboxylic acids is 1. The zero-order chi connectivity index (χ0) is 14.8. The third-order valence-corrected chi connectivity index (χ3v) is 4.08. The summed E-state index contributed by atoms with van der Waals surface area (Å²) in [5.74, 6) is -0.308. The highest BCUT2D eigenvalue weighted by molar-refractivity contribution is 6.03. The van der Waals surface area contributed by atoms with Gasteiger partial charge in [0, 0.05) is 18.0 Å². The molecule has 5 heteroatoms. The number of rotatable bonds is 5. The van der Waals surface area contributed by atoms with Crippen molar-refractivity contribution in [1.82, 2.24) is 4.98 Å². The molecule has 1 saturated carbocycles. The van der Waals surface area contributed by atoms with E-state index >= 15 is 0 Å². The van der Waals surface area contributed by atoms with Gasteiger partial charge < -0.3 is 15.1 Å². The summed E-state index contributed by atoms with van der Waals surface area (Å²) in [4.78, 5) is 18.1. The molecule has 3 rings (SSSR count). The largest absolute Gasteiger partial charge is 0.478 e. The minimum atomic E-state index is -0.951. The van der Waals surface area contributed by atoms with Crippen LogP contribution in [0.2, 0.25) is 0 Å². The molecule has 0 spiro atoms. The van der Waals surface area contributed by atoms with E-state index in [0.29, 0.717) is 29.3 Å². The number of aliphatic hydroxyl groups is 1. The van der Waals surface area contributed by atoms with Gasteiger partial charge in [-0.1, -0.05) is 18.2 Å². The maximum Gasteiger partial charge on any atom is 0.336 e. The molecule has 1 aliphatic carbocycles. The predicted molar refractivity (Wildman–Crippen MR) is 80.8 cm³/mol. The molecule has 21 heavy (non-hydrogen) atoms. The number of carboxylic acid groups (broad SMARTS) is 1. The SMILES string of the molecule is O=C(O)c1cc(N(CCO)C2CCC2)nc2ccccc12. The zero-order valence-electron chi connectivity index (χ0n) is 11.7. The van der Waals surface area contributed by atoms with E-state index in [0.717, 1.165) is 12.8 Å². The van der Waals surface area contributed by atoms with E-state index in [9.17, 15) is 15.0 Å². The Morgan fingerprint density at radius 2 is 2.10 bits per heavy atom. The van der Waals surface area contributed by atoms with Crippen molar-refractivity contribution in [1.29, 1.82) is 0 Å². The maximum atomic E-state index is 11.5. The molecule has 1 aromatic carbocycles. The van der Waals surface area contributed by atoms with Crippen molar-refractivity contribution in [3.63, 3.8) is 0 Å². The van der Waals surface area contributed by atoms with Gasteiger partial charge in [-0.3, -0.25) is 0 Å². The number of hydrogen-bond acceptors (Lipinski definition) is 4. The number of aromatic carboxylic acids is 1. The molecule has 110 valence electrons. The van der Waals surface area contributed by atoms with Gasteiger partial charge in [-0.2, -0.15) is 0 Å². The monoisotopic (exact) mass is 286 g/mol. The van der Waals surface area contributed by atoms with Crippen LogP contribution in [0.1, 0.15) is 29.6 Å². The summed E-state index contributed by atoms with van der Waals surface area (Å²) in [5, 5.41) is 19.4. The van der Waals surface area contributed by atoms with Crippen LogP contribution in [-0.4, -0.2) is 40.4 Å². The van der Waals surface area contributed by atoms with Gasteiger partial charge in [-0.25, -0.2) is 9.78 Å². The Kier molecular flexibility index (Phi) is 3.75. The molecular formula is C16H18N2O3. The van der Waals surface area contributed by atoms with Crippen molar-refractivity contribution in [3.8, 4) is 0 Å². The van der Waals surface area contributed by atoms with Crippen LogP contribution >= 0.6 is 0 Å². The number of carbonyl (C=O) groups is 1. The van der Waals surface area contributed by atoms with Crippen molar-refractivity contribution in [2.45, 2.75) is 25.3 Å². The molecule has 0 saturated heterocycles. The fourth-order valence-corrected chi connectivity index (χ4v) is 2.78. The number of anilines is 1. The lowest BCUT2D eigenvalue weighted by molar-refractivity contribution is 0.0699. The summed E-state index contributed by atoms with van der Waals surface area (Å²) in [6, 6.07) is 9.24. The van der Waals surface area contributed by atoms with Crippen LogP contribution in [0, 0.1) is 0 Å². The standard InChI is InChI=1S/C16H18N2O3/c19-9-8-18(11-4-3-5-11)15-10-13(16(20)21)12-6-1-2-7-14(12)17-15/h1-2,6-7,10-11,19H,3-5,8-9H2,(H,20,21). The third kappa shape index (κ3) is 2.56. The lowest BCUT2D eigenvalue weighted by atomic mass is 9.91. The molecule has 0 amide bonds. The molecule has 0 radical (unpaired) electrons. The number of hydrogen-bond donors (Lipinski definition) is 2. The molecule has 2 N–H and O–H groups in total. The topological polar surface area (TPSA) is 73.7 Å². The van der Waals surface area contributed by atoms with E-state index < -0.39 is 5.97 Å². The highest BCUT2D eigenvalue weighted by Crippen LogP contribution is 2.30. The number of pyridine rings is 1. The number of aromatic nitrogens is 1. The minimum Gasteiger partial charge on any atom is -0.478 e. The zero-order valence-corrected chi connectivity index (χ0v) is 11.7. The summed E-state index contributed by atoms with van der Waals surface area (Å²) in [6.07, 6.45) is 3.31. The average Bonchev–Trinajstić information content (AvgIpc) is 2.43. The first-order valence-electron chi connectivity index (χ1n) is 7.21. The maximum absolute atomic E-state index is 11.5. The van der Waals surface area contributed by atoms with Crippen molar-refractivity contribution in [2.75, 3.05) is 18.1 Å². The van der Waals surface area contributed by atoms with Gasteiger partial charge in [-0.05, 0) is 31.4 Å².